The molecule has 1 aliphatic rings. The first-order valence-corrected chi connectivity index (χ1v) is 4.66. The van der Waals surface area contributed by atoms with Crippen molar-refractivity contribution in [2.45, 2.75) is 18.9 Å². The van der Waals surface area contributed by atoms with Gasteiger partial charge in [-0.1, -0.05) is 6.07 Å². The minimum atomic E-state index is -0.133. The summed E-state index contributed by atoms with van der Waals surface area (Å²) in [7, 11) is 1.75. The molecule has 3 heteroatoms. The molecule has 2 rings (SSSR count). The summed E-state index contributed by atoms with van der Waals surface area (Å²) in [6, 6.07) is 4.00. The van der Waals surface area contributed by atoms with Crippen molar-refractivity contribution in [1.82, 2.24) is 4.98 Å². The molecule has 1 aromatic rings. The number of quaternary nitrogens is 1. The third-order valence-corrected chi connectivity index (χ3v) is 2.81. The molecule has 0 spiro atoms. The van der Waals surface area contributed by atoms with Crippen molar-refractivity contribution >= 4 is 0 Å². The highest BCUT2D eigenvalue weighted by atomic mass is 16.5. The van der Waals surface area contributed by atoms with Gasteiger partial charge in [-0.3, -0.25) is 4.98 Å². The first kappa shape index (κ1) is 8.66. The summed E-state index contributed by atoms with van der Waals surface area (Å²) in [6.45, 7) is 0.736. The average molecular weight is 178 g/mol. The second-order valence-corrected chi connectivity index (χ2v) is 3.84. The van der Waals surface area contributed by atoms with Crippen LogP contribution in [0.1, 0.15) is 24.4 Å². The number of hydrogen-bond acceptors (Lipinski definition) is 2. The molecule has 2 atom stereocenters. The van der Waals surface area contributed by atoms with E-state index in [0.717, 1.165) is 24.9 Å². The van der Waals surface area contributed by atoms with Crippen molar-refractivity contribution < 1.29 is 4.65 Å². The maximum atomic E-state index is 11.9. The smallest absolute Gasteiger partial charge is 0.116 e. The Balaban J connectivity index is 2.27. The van der Waals surface area contributed by atoms with Crippen LogP contribution in [0.5, 0.6) is 0 Å². The fourth-order valence-corrected chi connectivity index (χ4v) is 2.08. The summed E-state index contributed by atoms with van der Waals surface area (Å²) < 4.78 is -0.133. The Morgan fingerprint density at radius 3 is 3.00 bits per heavy atom. The molecule has 1 saturated heterocycles. The van der Waals surface area contributed by atoms with Gasteiger partial charge in [-0.05, 0) is 6.07 Å². The Labute approximate surface area is 78.2 Å². The summed E-state index contributed by atoms with van der Waals surface area (Å²) in [5.74, 6) is 0. The highest BCUT2D eigenvalue weighted by molar-refractivity contribution is 5.12. The van der Waals surface area contributed by atoms with Gasteiger partial charge in [-0.2, -0.15) is 0 Å². The van der Waals surface area contributed by atoms with E-state index in [4.69, 9.17) is 0 Å². The summed E-state index contributed by atoms with van der Waals surface area (Å²) in [4.78, 5) is 4.05. The van der Waals surface area contributed by atoms with Gasteiger partial charge >= 0.3 is 0 Å². The van der Waals surface area contributed by atoms with Crippen LogP contribution in [0.25, 0.3) is 0 Å². The van der Waals surface area contributed by atoms with Gasteiger partial charge in [-0.25, -0.2) is 0 Å². The molecular formula is C10H14N2O. The quantitative estimate of drug-likeness (QED) is 0.486. The van der Waals surface area contributed by atoms with E-state index in [9.17, 15) is 5.21 Å². The molecular weight excluding hydrogens is 164 g/mol. The molecule has 1 aromatic heterocycles. The maximum Gasteiger partial charge on any atom is 0.116 e. The van der Waals surface area contributed by atoms with E-state index >= 15 is 0 Å². The molecule has 0 bridgehead atoms. The third kappa shape index (κ3) is 1.57. The Kier molecular flexibility index (Phi) is 2.06. The number of pyridine rings is 1. The highest BCUT2D eigenvalue weighted by Gasteiger charge is 2.32. The van der Waals surface area contributed by atoms with Crippen LogP contribution >= 0.6 is 0 Å². The molecule has 0 amide bonds. The lowest BCUT2D eigenvalue weighted by Gasteiger charge is -2.40. The minimum Gasteiger partial charge on any atom is -0.633 e. The zero-order chi connectivity index (χ0) is 9.31. The molecule has 3 nitrogen and oxygen atoms in total. The first-order chi connectivity index (χ1) is 6.20. The van der Waals surface area contributed by atoms with Crippen molar-refractivity contribution in [3.05, 3.63) is 35.3 Å². The van der Waals surface area contributed by atoms with Gasteiger partial charge < -0.3 is 9.85 Å². The van der Waals surface area contributed by atoms with Gasteiger partial charge in [0.05, 0.1) is 13.6 Å². The fraction of sp³-hybridized carbons (Fsp3) is 0.500. The van der Waals surface area contributed by atoms with Crippen LogP contribution in [-0.4, -0.2) is 23.2 Å². The predicted octanol–water partition coefficient (Wildman–Crippen LogP) is 1.86. The summed E-state index contributed by atoms with van der Waals surface area (Å²) >= 11 is 0. The summed E-state index contributed by atoms with van der Waals surface area (Å²) in [5.41, 5.74) is 1.08. The fourth-order valence-electron chi connectivity index (χ4n) is 2.08. The largest absolute Gasteiger partial charge is 0.633 e. The van der Waals surface area contributed by atoms with E-state index < -0.39 is 0 Å². The van der Waals surface area contributed by atoms with Gasteiger partial charge in [0.15, 0.2) is 0 Å². The number of hydrogen-bond donors (Lipinski definition) is 0. The molecule has 0 saturated carbocycles. The minimum absolute atomic E-state index is 0.105. The van der Waals surface area contributed by atoms with Gasteiger partial charge in [0, 0.05) is 30.8 Å². The maximum absolute atomic E-state index is 11.9. The van der Waals surface area contributed by atoms with Gasteiger partial charge in [0.1, 0.15) is 6.04 Å². The summed E-state index contributed by atoms with van der Waals surface area (Å²) in [6.07, 6.45) is 5.57. The van der Waals surface area contributed by atoms with E-state index in [1.165, 1.54) is 0 Å². The van der Waals surface area contributed by atoms with Gasteiger partial charge in [0.2, 0.25) is 0 Å². The van der Waals surface area contributed by atoms with Crippen LogP contribution in [0.3, 0.4) is 0 Å². The normalized spacial score (nSPS) is 33.5. The number of aromatic nitrogens is 1. The van der Waals surface area contributed by atoms with Crippen LogP contribution in [0.4, 0.5) is 0 Å². The molecule has 1 unspecified atom stereocenters. The molecule has 0 radical (unpaired) electrons. The average Bonchev–Trinajstić information content (AvgIpc) is 2.47. The topological polar surface area (TPSA) is 36.0 Å². The zero-order valence-electron chi connectivity index (χ0n) is 7.81. The Hall–Kier alpha value is -0.930. The molecule has 0 aliphatic carbocycles. The number of hydroxylamine groups is 3. The number of rotatable bonds is 1. The lowest BCUT2D eigenvalue weighted by atomic mass is 10.1. The van der Waals surface area contributed by atoms with Gasteiger partial charge in [0.25, 0.3) is 0 Å². The van der Waals surface area contributed by atoms with Gasteiger partial charge in [-0.15, -0.1) is 0 Å². The predicted molar refractivity (Wildman–Crippen MR) is 50.6 cm³/mol. The van der Waals surface area contributed by atoms with Crippen molar-refractivity contribution in [2.75, 3.05) is 13.6 Å². The van der Waals surface area contributed by atoms with Crippen LogP contribution in [-0.2, 0) is 0 Å². The second kappa shape index (κ2) is 3.09. The van der Waals surface area contributed by atoms with E-state index in [2.05, 4.69) is 4.98 Å². The Morgan fingerprint density at radius 2 is 2.46 bits per heavy atom. The SMILES string of the molecule is C[N@@+]1([O-])CCCC1c1cccnc1. The molecule has 70 valence electrons. The lowest BCUT2D eigenvalue weighted by molar-refractivity contribution is -0.878. The first-order valence-electron chi connectivity index (χ1n) is 4.66. The Bertz CT molecular complexity index is 284. The molecule has 1 aliphatic heterocycles. The van der Waals surface area contributed by atoms with E-state index in [1.807, 2.05) is 18.3 Å². The number of likely N-dealkylation sites (tertiary alicyclic amines) is 1. The third-order valence-electron chi connectivity index (χ3n) is 2.81. The number of nitrogens with zero attached hydrogens (tertiary/aromatic N) is 2. The van der Waals surface area contributed by atoms with E-state index in [1.54, 1.807) is 13.2 Å². The summed E-state index contributed by atoms with van der Waals surface area (Å²) in [5, 5.41) is 11.9. The Morgan fingerprint density at radius 1 is 1.62 bits per heavy atom. The van der Waals surface area contributed by atoms with Crippen molar-refractivity contribution in [3.8, 4) is 0 Å². The van der Waals surface area contributed by atoms with Crippen LogP contribution in [0, 0.1) is 5.21 Å². The highest BCUT2D eigenvalue weighted by Crippen LogP contribution is 2.35. The van der Waals surface area contributed by atoms with Crippen LogP contribution < -0.4 is 0 Å². The second-order valence-electron chi connectivity index (χ2n) is 3.84. The molecule has 0 N–H and O–H groups in total. The zero-order valence-corrected chi connectivity index (χ0v) is 7.81. The lowest BCUT2D eigenvalue weighted by Crippen LogP contribution is -2.36. The van der Waals surface area contributed by atoms with Crippen molar-refractivity contribution in [1.29, 1.82) is 0 Å². The van der Waals surface area contributed by atoms with Crippen molar-refractivity contribution in [2.24, 2.45) is 0 Å². The standard InChI is InChI=1S/C10H14N2O/c1-12(13)7-3-5-10(12)9-4-2-6-11-8-9/h2,4,6,8,10H,3,5,7H2,1H3/t10?,12-/m1/s1. The molecule has 0 aromatic carbocycles. The van der Waals surface area contributed by atoms with E-state index in [0.29, 0.717) is 0 Å². The molecule has 13 heavy (non-hydrogen) atoms. The monoisotopic (exact) mass is 178 g/mol. The van der Waals surface area contributed by atoms with Crippen molar-refractivity contribution in [3.63, 3.8) is 0 Å². The molecule has 1 fully saturated rings. The van der Waals surface area contributed by atoms with Crippen LogP contribution in [0.2, 0.25) is 0 Å². The molecule has 2 heterocycles. The van der Waals surface area contributed by atoms with Crippen LogP contribution in [0.15, 0.2) is 24.5 Å². The van der Waals surface area contributed by atoms with E-state index in [-0.39, 0.29) is 10.7 Å².